The van der Waals surface area contributed by atoms with Gasteiger partial charge in [-0.1, -0.05) is 18.9 Å². The van der Waals surface area contributed by atoms with Gasteiger partial charge in [0.05, 0.1) is 14.1 Å². The fraction of sp³-hybridized carbons (Fsp3) is 0.467. The van der Waals surface area contributed by atoms with E-state index in [0.717, 1.165) is 23.1 Å². The molecule has 3 rings (SSSR count). The summed E-state index contributed by atoms with van der Waals surface area (Å²) in [5.41, 5.74) is 1.25. The number of nitrogens with zero attached hydrogens (tertiary/aromatic N) is 2. The molecule has 1 saturated carbocycles. The van der Waals surface area contributed by atoms with Gasteiger partial charge in [-0.2, -0.15) is 0 Å². The number of halogens is 1. The predicted octanol–water partition coefficient (Wildman–Crippen LogP) is 4.90. The summed E-state index contributed by atoms with van der Waals surface area (Å²) in [6.07, 6.45) is 5.19. The van der Waals surface area contributed by atoms with E-state index >= 15 is 0 Å². The van der Waals surface area contributed by atoms with Crippen LogP contribution >= 0.6 is 33.9 Å². The molecule has 1 N–H and O–H groups in total. The summed E-state index contributed by atoms with van der Waals surface area (Å²) in [6.45, 7) is 3.00. The lowest BCUT2D eigenvalue weighted by Crippen LogP contribution is -2.09. The maximum atomic E-state index is 4.89. The molecule has 0 aromatic carbocycles. The quantitative estimate of drug-likeness (QED) is 0.744. The molecule has 0 spiro atoms. The molecule has 0 bridgehead atoms. The van der Waals surface area contributed by atoms with Gasteiger partial charge in [0, 0.05) is 12.5 Å². The van der Waals surface area contributed by atoms with E-state index in [2.05, 4.69) is 52.3 Å². The van der Waals surface area contributed by atoms with Crippen LogP contribution in [0.3, 0.4) is 0 Å². The van der Waals surface area contributed by atoms with Gasteiger partial charge in [-0.25, -0.2) is 9.97 Å². The molecule has 2 aromatic rings. The second-order valence-electron chi connectivity index (χ2n) is 5.08. The van der Waals surface area contributed by atoms with Crippen molar-refractivity contribution in [3.05, 3.63) is 26.8 Å². The predicted molar refractivity (Wildman–Crippen MR) is 93.4 cm³/mol. The van der Waals surface area contributed by atoms with Gasteiger partial charge in [-0.05, 0) is 53.8 Å². The largest absolute Gasteiger partial charge is 0.369 e. The molecule has 2 heterocycles. The molecule has 0 saturated heterocycles. The highest BCUT2D eigenvalue weighted by Crippen LogP contribution is 2.38. The first-order valence-corrected chi connectivity index (χ1v) is 9.10. The van der Waals surface area contributed by atoms with Crippen molar-refractivity contribution in [2.45, 2.75) is 38.5 Å². The highest BCUT2D eigenvalue weighted by atomic mass is 127. The number of aromatic nitrogens is 2. The maximum Gasteiger partial charge on any atom is 0.171 e. The average molecular weight is 399 g/mol. The van der Waals surface area contributed by atoms with Crippen LogP contribution in [0.5, 0.6) is 0 Å². The Balaban J connectivity index is 2.07. The van der Waals surface area contributed by atoms with Crippen molar-refractivity contribution in [2.24, 2.45) is 0 Å². The van der Waals surface area contributed by atoms with Crippen LogP contribution in [-0.4, -0.2) is 16.5 Å². The SMILES string of the molecule is CCNc1nc(-c2cccs2)nc(C2CCCC2)c1I. The van der Waals surface area contributed by atoms with Crippen molar-refractivity contribution in [1.82, 2.24) is 9.97 Å². The minimum atomic E-state index is 0.612. The van der Waals surface area contributed by atoms with E-state index in [1.54, 1.807) is 11.3 Å². The van der Waals surface area contributed by atoms with Gasteiger partial charge in [-0.3, -0.25) is 0 Å². The average Bonchev–Trinajstić information content (AvgIpc) is 3.14. The van der Waals surface area contributed by atoms with Crippen LogP contribution in [0.25, 0.3) is 10.7 Å². The third kappa shape index (κ3) is 2.83. The highest BCUT2D eigenvalue weighted by molar-refractivity contribution is 14.1. The van der Waals surface area contributed by atoms with E-state index in [1.807, 2.05) is 0 Å². The van der Waals surface area contributed by atoms with Gasteiger partial charge in [0.1, 0.15) is 5.82 Å². The zero-order valence-corrected chi connectivity index (χ0v) is 14.5. The van der Waals surface area contributed by atoms with Crippen molar-refractivity contribution >= 4 is 39.7 Å². The van der Waals surface area contributed by atoms with E-state index < -0.39 is 0 Å². The van der Waals surface area contributed by atoms with Crippen LogP contribution in [0.2, 0.25) is 0 Å². The molecule has 1 aliphatic carbocycles. The Morgan fingerprint density at radius 3 is 2.80 bits per heavy atom. The first-order chi connectivity index (χ1) is 9.79. The Morgan fingerprint density at radius 1 is 1.35 bits per heavy atom. The number of thiophene rings is 1. The zero-order chi connectivity index (χ0) is 13.9. The molecule has 5 heteroatoms. The zero-order valence-electron chi connectivity index (χ0n) is 11.5. The van der Waals surface area contributed by atoms with Gasteiger partial charge in [0.2, 0.25) is 0 Å². The highest BCUT2D eigenvalue weighted by Gasteiger charge is 2.24. The van der Waals surface area contributed by atoms with E-state index in [0.29, 0.717) is 5.92 Å². The van der Waals surface area contributed by atoms with Gasteiger partial charge in [-0.15, -0.1) is 11.3 Å². The molecule has 0 aliphatic heterocycles. The molecule has 3 nitrogen and oxygen atoms in total. The summed E-state index contributed by atoms with van der Waals surface area (Å²) in [5, 5.41) is 5.47. The second-order valence-corrected chi connectivity index (χ2v) is 7.11. The standard InChI is InChI=1S/C15H18IN3S/c1-2-17-15-12(16)13(10-6-3-4-7-10)18-14(19-15)11-8-5-9-20-11/h5,8-10H,2-4,6-7H2,1H3,(H,17,18,19). The van der Waals surface area contributed by atoms with Crippen molar-refractivity contribution in [1.29, 1.82) is 0 Å². The van der Waals surface area contributed by atoms with Crippen molar-refractivity contribution in [3.63, 3.8) is 0 Å². The summed E-state index contributed by atoms with van der Waals surface area (Å²) >= 11 is 4.11. The van der Waals surface area contributed by atoms with Crippen LogP contribution < -0.4 is 5.32 Å². The number of nitrogens with one attached hydrogen (secondary N) is 1. The summed E-state index contributed by atoms with van der Waals surface area (Å²) < 4.78 is 1.21. The number of hydrogen-bond acceptors (Lipinski definition) is 4. The van der Waals surface area contributed by atoms with E-state index in [4.69, 9.17) is 9.97 Å². The summed E-state index contributed by atoms with van der Waals surface area (Å²) in [7, 11) is 0. The number of anilines is 1. The van der Waals surface area contributed by atoms with Crippen LogP contribution in [0, 0.1) is 3.57 Å². The van der Waals surface area contributed by atoms with Gasteiger partial charge in [0.15, 0.2) is 5.82 Å². The molecule has 1 fully saturated rings. The van der Waals surface area contributed by atoms with E-state index in [9.17, 15) is 0 Å². The smallest absolute Gasteiger partial charge is 0.171 e. The topological polar surface area (TPSA) is 37.8 Å². The molecule has 0 unspecified atom stereocenters. The minimum absolute atomic E-state index is 0.612. The third-order valence-corrected chi connectivity index (χ3v) is 5.63. The summed E-state index contributed by atoms with van der Waals surface area (Å²) in [6, 6.07) is 4.16. The molecule has 106 valence electrons. The first-order valence-electron chi connectivity index (χ1n) is 7.14. The van der Waals surface area contributed by atoms with Crippen molar-refractivity contribution < 1.29 is 0 Å². The van der Waals surface area contributed by atoms with Gasteiger partial charge >= 0.3 is 0 Å². The van der Waals surface area contributed by atoms with Crippen LogP contribution in [0.4, 0.5) is 5.82 Å². The monoisotopic (exact) mass is 399 g/mol. The van der Waals surface area contributed by atoms with Crippen molar-refractivity contribution in [2.75, 3.05) is 11.9 Å². The lowest BCUT2D eigenvalue weighted by atomic mass is 10.0. The molecule has 0 amide bonds. The Labute approximate surface area is 137 Å². The molecule has 1 aliphatic rings. The molecule has 2 aromatic heterocycles. The van der Waals surface area contributed by atoms with Crippen LogP contribution in [0.1, 0.15) is 44.2 Å². The third-order valence-electron chi connectivity index (χ3n) is 3.70. The Kier molecular flexibility index (Phi) is 4.55. The number of hydrogen-bond donors (Lipinski definition) is 1. The van der Waals surface area contributed by atoms with Gasteiger partial charge < -0.3 is 5.32 Å². The van der Waals surface area contributed by atoms with E-state index in [1.165, 1.54) is 34.9 Å². The fourth-order valence-corrected chi connectivity index (χ4v) is 4.26. The lowest BCUT2D eigenvalue weighted by Gasteiger charge is -2.15. The minimum Gasteiger partial charge on any atom is -0.369 e. The molecule has 20 heavy (non-hydrogen) atoms. The van der Waals surface area contributed by atoms with Crippen LogP contribution in [0.15, 0.2) is 17.5 Å². The lowest BCUT2D eigenvalue weighted by molar-refractivity contribution is 0.691. The Morgan fingerprint density at radius 2 is 2.15 bits per heavy atom. The fourth-order valence-electron chi connectivity index (χ4n) is 2.73. The number of rotatable bonds is 4. The second kappa shape index (κ2) is 6.39. The molecule has 0 atom stereocenters. The normalized spacial score (nSPS) is 15.7. The molecular weight excluding hydrogens is 381 g/mol. The summed E-state index contributed by atoms with van der Waals surface area (Å²) in [5.74, 6) is 2.48. The molecular formula is C15H18IN3S. The Bertz CT molecular complexity index is 577. The molecule has 0 radical (unpaired) electrons. The summed E-state index contributed by atoms with van der Waals surface area (Å²) in [4.78, 5) is 10.8. The first kappa shape index (κ1) is 14.3. The van der Waals surface area contributed by atoms with Crippen molar-refractivity contribution in [3.8, 4) is 10.7 Å². The maximum absolute atomic E-state index is 4.89. The van der Waals surface area contributed by atoms with Gasteiger partial charge in [0.25, 0.3) is 0 Å². The van der Waals surface area contributed by atoms with Crippen LogP contribution in [-0.2, 0) is 0 Å². The Hall–Kier alpha value is -0.690. The van der Waals surface area contributed by atoms with E-state index in [-0.39, 0.29) is 0 Å².